The van der Waals surface area contributed by atoms with Gasteiger partial charge >= 0.3 is 0 Å². The lowest BCUT2D eigenvalue weighted by Crippen LogP contribution is -2.27. The molecule has 0 fully saturated rings. The summed E-state index contributed by atoms with van der Waals surface area (Å²) < 4.78 is 0. The summed E-state index contributed by atoms with van der Waals surface area (Å²) in [6, 6.07) is 2.68. The van der Waals surface area contributed by atoms with E-state index in [1.54, 1.807) is 10.4 Å². The van der Waals surface area contributed by atoms with Gasteiger partial charge in [0.25, 0.3) is 0 Å². The second-order valence-corrected chi connectivity index (χ2v) is 5.56. The molecule has 1 aliphatic rings. The Morgan fingerprint density at radius 2 is 2.44 bits per heavy atom. The van der Waals surface area contributed by atoms with E-state index < -0.39 is 0 Å². The maximum atomic E-state index is 5.64. The highest BCUT2D eigenvalue weighted by atomic mass is 32.1. The summed E-state index contributed by atoms with van der Waals surface area (Å²) in [4.78, 5) is 3.00. The molecule has 0 bridgehead atoms. The van der Waals surface area contributed by atoms with Crippen LogP contribution >= 0.6 is 11.3 Å². The van der Waals surface area contributed by atoms with Crippen LogP contribution in [0.3, 0.4) is 0 Å². The Labute approximate surface area is 102 Å². The van der Waals surface area contributed by atoms with Gasteiger partial charge in [-0.25, -0.2) is 0 Å². The van der Waals surface area contributed by atoms with E-state index in [0.29, 0.717) is 6.04 Å². The van der Waals surface area contributed by atoms with Gasteiger partial charge in [0, 0.05) is 9.75 Å². The van der Waals surface area contributed by atoms with Crippen LogP contribution in [0.5, 0.6) is 0 Å². The molecule has 1 atom stereocenters. The van der Waals surface area contributed by atoms with Gasteiger partial charge in [-0.1, -0.05) is 6.08 Å². The Kier molecular flexibility index (Phi) is 4.16. The monoisotopic (exact) mass is 236 g/mol. The van der Waals surface area contributed by atoms with Gasteiger partial charge in [-0.3, -0.25) is 11.3 Å². The second kappa shape index (κ2) is 5.62. The molecule has 2 rings (SSSR count). The Hall–Kier alpha value is -0.640. The molecule has 3 heteroatoms. The van der Waals surface area contributed by atoms with E-state index in [9.17, 15) is 0 Å². The van der Waals surface area contributed by atoms with Crippen LogP contribution in [0, 0.1) is 0 Å². The highest BCUT2D eigenvalue weighted by Gasteiger charge is 2.18. The van der Waals surface area contributed by atoms with E-state index in [1.807, 2.05) is 17.4 Å². The van der Waals surface area contributed by atoms with Crippen LogP contribution in [0.1, 0.15) is 47.0 Å². The van der Waals surface area contributed by atoms with Crippen molar-refractivity contribution < 1.29 is 0 Å². The topological polar surface area (TPSA) is 38.0 Å². The number of fused-ring (bicyclic) bond motifs is 1. The van der Waals surface area contributed by atoms with E-state index in [2.05, 4.69) is 18.1 Å². The second-order valence-electron chi connectivity index (χ2n) is 4.39. The van der Waals surface area contributed by atoms with Crippen LogP contribution in [0.15, 0.2) is 18.7 Å². The van der Waals surface area contributed by atoms with Gasteiger partial charge in [-0.2, -0.15) is 0 Å². The van der Waals surface area contributed by atoms with E-state index in [1.165, 1.54) is 24.1 Å². The fourth-order valence-electron chi connectivity index (χ4n) is 2.30. The van der Waals surface area contributed by atoms with Gasteiger partial charge in [0.1, 0.15) is 0 Å². The Morgan fingerprint density at radius 1 is 1.56 bits per heavy atom. The lowest BCUT2D eigenvalue weighted by molar-refractivity contribution is 0.508. The first-order chi connectivity index (χ1) is 7.85. The molecule has 1 aliphatic carbocycles. The standard InChI is InChI=1S/C13H20N2S/c1-2-3-4-7-11(15-14)13-9-10-6-5-8-12(10)16-13/h2,9,11,15H,1,3-8,14H2. The van der Waals surface area contributed by atoms with Crippen molar-refractivity contribution >= 4 is 11.3 Å². The predicted octanol–water partition coefficient (Wildman–Crippen LogP) is 3.10. The third-order valence-electron chi connectivity index (χ3n) is 3.21. The fourth-order valence-corrected chi connectivity index (χ4v) is 3.65. The summed E-state index contributed by atoms with van der Waals surface area (Å²) in [7, 11) is 0. The van der Waals surface area contributed by atoms with Gasteiger partial charge in [-0.15, -0.1) is 17.9 Å². The number of unbranched alkanes of at least 4 members (excludes halogenated alkanes) is 1. The maximum Gasteiger partial charge on any atom is 0.0553 e. The van der Waals surface area contributed by atoms with Gasteiger partial charge < -0.3 is 0 Å². The molecule has 0 saturated carbocycles. The number of rotatable bonds is 6. The van der Waals surface area contributed by atoms with Crippen molar-refractivity contribution in [1.82, 2.24) is 5.43 Å². The Balaban J connectivity index is 1.99. The lowest BCUT2D eigenvalue weighted by atomic mass is 10.1. The molecular formula is C13H20N2S. The molecular weight excluding hydrogens is 216 g/mol. The number of hydrogen-bond acceptors (Lipinski definition) is 3. The molecule has 2 nitrogen and oxygen atoms in total. The number of nitrogens with one attached hydrogen (secondary N) is 1. The van der Waals surface area contributed by atoms with Crippen molar-refractivity contribution in [3.63, 3.8) is 0 Å². The maximum absolute atomic E-state index is 5.64. The van der Waals surface area contributed by atoms with Crippen molar-refractivity contribution in [3.05, 3.63) is 34.0 Å². The molecule has 88 valence electrons. The van der Waals surface area contributed by atoms with E-state index in [-0.39, 0.29) is 0 Å². The van der Waals surface area contributed by atoms with Crippen LogP contribution in [0.2, 0.25) is 0 Å². The minimum atomic E-state index is 0.329. The van der Waals surface area contributed by atoms with Gasteiger partial charge in [0.15, 0.2) is 0 Å². The van der Waals surface area contributed by atoms with Crippen molar-refractivity contribution in [3.8, 4) is 0 Å². The first-order valence-electron chi connectivity index (χ1n) is 6.03. The summed E-state index contributed by atoms with van der Waals surface area (Å²) in [6.07, 6.45) is 9.16. The molecule has 0 spiro atoms. The summed E-state index contributed by atoms with van der Waals surface area (Å²) in [5.41, 5.74) is 4.50. The first-order valence-corrected chi connectivity index (χ1v) is 6.85. The zero-order valence-electron chi connectivity index (χ0n) is 9.67. The van der Waals surface area contributed by atoms with Crippen molar-refractivity contribution in [2.75, 3.05) is 0 Å². The van der Waals surface area contributed by atoms with Crippen LogP contribution < -0.4 is 11.3 Å². The molecule has 3 N–H and O–H groups in total. The quantitative estimate of drug-likeness (QED) is 0.345. The first kappa shape index (κ1) is 11.8. The largest absolute Gasteiger partial charge is 0.271 e. The molecule has 0 saturated heterocycles. The molecule has 1 heterocycles. The molecule has 0 aromatic carbocycles. The molecule has 1 aromatic rings. The molecule has 0 radical (unpaired) electrons. The van der Waals surface area contributed by atoms with E-state index >= 15 is 0 Å². The zero-order chi connectivity index (χ0) is 11.4. The molecule has 16 heavy (non-hydrogen) atoms. The number of thiophene rings is 1. The third-order valence-corrected chi connectivity index (χ3v) is 4.56. The van der Waals surface area contributed by atoms with E-state index in [0.717, 1.165) is 19.3 Å². The van der Waals surface area contributed by atoms with Crippen molar-refractivity contribution in [1.29, 1.82) is 0 Å². The highest BCUT2D eigenvalue weighted by molar-refractivity contribution is 7.12. The predicted molar refractivity (Wildman–Crippen MR) is 70.5 cm³/mol. The average Bonchev–Trinajstić information content (AvgIpc) is 2.84. The van der Waals surface area contributed by atoms with Gasteiger partial charge in [0.2, 0.25) is 0 Å². The Bertz CT molecular complexity index is 335. The number of nitrogens with two attached hydrogens (primary N) is 1. The Morgan fingerprint density at radius 3 is 3.12 bits per heavy atom. The van der Waals surface area contributed by atoms with Gasteiger partial charge in [0.05, 0.1) is 6.04 Å². The lowest BCUT2D eigenvalue weighted by Gasteiger charge is -2.13. The SMILES string of the molecule is C=CCCCC(NN)c1cc2c(s1)CCC2. The summed E-state index contributed by atoms with van der Waals surface area (Å²) in [6.45, 7) is 3.75. The van der Waals surface area contributed by atoms with Crippen molar-refractivity contribution in [2.45, 2.75) is 44.6 Å². The summed E-state index contributed by atoms with van der Waals surface area (Å²) in [5.74, 6) is 5.64. The number of aryl methyl sites for hydroxylation is 2. The third kappa shape index (κ3) is 2.54. The van der Waals surface area contributed by atoms with E-state index in [4.69, 9.17) is 5.84 Å². The number of hydrogen-bond donors (Lipinski definition) is 2. The normalized spacial score (nSPS) is 16.1. The molecule has 0 amide bonds. The fraction of sp³-hybridized carbons (Fsp3) is 0.538. The smallest absolute Gasteiger partial charge is 0.0553 e. The van der Waals surface area contributed by atoms with Crippen LogP contribution in [0.4, 0.5) is 0 Å². The van der Waals surface area contributed by atoms with Crippen LogP contribution in [-0.4, -0.2) is 0 Å². The van der Waals surface area contributed by atoms with Crippen LogP contribution in [-0.2, 0) is 12.8 Å². The minimum absolute atomic E-state index is 0.329. The number of hydrazine groups is 1. The van der Waals surface area contributed by atoms with Gasteiger partial charge in [-0.05, 0) is 50.2 Å². The zero-order valence-corrected chi connectivity index (χ0v) is 10.5. The summed E-state index contributed by atoms with van der Waals surface area (Å²) >= 11 is 1.94. The highest BCUT2D eigenvalue weighted by Crippen LogP contribution is 2.34. The molecule has 1 unspecified atom stereocenters. The average molecular weight is 236 g/mol. The summed E-state index contributed by atoms with van der Waals surface area (Å²) in [5, 5.41) is 0. The van der Waals surface area contributed by atoms with Crippen LogP contribution in [0.25, 0.3) is 0 Å². The minimum Gasteiger partial charge on any atom is -0.271 e. The van der Waals surface area contributed by atoms with Crippen molar-refractivity contribution in [2.24, 2.45) is 5.84 Å². The molecule has 1 aromatic heterocycles. The molecule has 0 aliphatic heterocycles. The number of allylic oxidation sites excluding steroid dienone is 1.